The van der Waals surface area contributed by atoms with Gasteiger partial charge in [-0.15, -0.1) is 0 Å². The van der Waals surface area contributed by atoms with Crippen LogP contribution in [0.3, 0.4) is 0 Å². The van der Waals surface area contributed by atoms with Gasteiger partial charge in [0.25, 0.3) is 0 Å². The number of hydrogen-bond acceptors (Lipinski definition) is 2. The van der Waals surface area contributed by atoms with E-state index in [-0.39, 0.29) is 11.9 Å². The summed E-state index contributed by atoms with van der Waals surface area (Å²) in [6, 6.07) is 3.40. The van der Waals surface area contributed by atoms with Gasteiger partial charge in [-0.1, -0.05) is 6.07 Å². The maximum atomic E-state index is 12.1. The second kappa shape index (κ2) is 5.02. The van der Waals surface area contributed by atoms with Crippen LogP contribution in [0.5, 0.6) is 0 Å². The molecule has 4 heteroatoms. The summed E-state index contributed by atoms with van der Waals surface area (Å²) in [6.45, 7) is 12.6. The van der Waals surface area contributed by atoms with E-state index >= 15 is 0 Å². The van der Waals surface area contributed by atoms with Crippen LogP contribution >= 0.6 is 0 Å². The van der Waals surface area contributed by atoms with Crippen LogP contribution in [-0.2, 0) is 4.79 Å². The van der Waals surface area contributed by atoms with Gasteiger partial charge in [-0.05, 0) is 44.4 Å². The summed E-state index contributed by atoms with van der Waals surface area (Å²) in [5, 5.41) is 9.82. The molecule has 0 aliphatic carbocycles. The van der Waals surface area contributed by atoms with Gasteiger partial charge in [-0.3, -0.25) is 4.79 Å². The van der Waals surface area contributed by atoms with Gasteiger partial charge in [0, 0.05) is 12.1 Å². The van der Waals surface area contributed by atoms with E-state index in [9.17, 15) is 9.90 Å². The molecular weight excluding hydrogens is 240 g/mol. The first-order chi connectivity index (χ1) is 8.97. The summed E-state index contributed by atoms with van der Waals surface area (Å²) >= 11 is 0. The highest BCUT2D eigenvalue weighted by molar-refractivity contribution is 5.97. The SMILES string of the molecule is [C-]#[N+]c1ccc(N2C(=O)CC[C@@H]2[C@H](C)O)c(C)c1C. The third-order valence-electron chi connectivity index (χ3n) is 3.92. The fourth-order valence-corrected chi connectivity index (χ4v) is 2.65. The highest BCUT2D eigenvalue weighted by atomic mass is 16.3. The Morgan fingerprint density at radius 3 is 2.68 bits per heavy atom. The molecule has 1 aliphatic rings. The molecule has 1 aromatic carbocycles. The van der Waals surface area contributed by atoms with Crippen LogP contribution in [0.1, 0.15) is 30.9 Å². The van der Waals surface area contributed by atoms with E-state index in [0.717, 1.165) is 16.8 Å². The first-order valence-corrected chi connectivity index (χ1v) is 6.45. The Bertz CT molecular complexity index is 558. The molecule has 0 radical (unpaired) electrons. The maximum absolute atomic E-state index is 12.1. The summed E-state index contributed by atoms with van der Waals surface area (Å²) in [6.07, 6.45) is 0.602. The molecule has 4 nitrogen and oxygen atoms in total. The van der Waals surface area contributed by atoms with Crippen molar-refractivity contribution < 1.29 is 9.90 Å². The van der Waals surface area contributed by atoms with E-state index in [0.29, 0.717) is 18.5 Å². The van der Waals surface area contributed by atoms with Crippen LogP contribution in [0.15, 0.2) is 12.1 Å². The lowest BCUT2D eigenvalue weighted by Gasteiger charge is -2.29. The summed E-state index contributed by atoms with van der Waals surface area (Å²) < 4.78 is 0. The number of anilines is 1. The highest BCUT2D eigenvalue weighted by Gasteiger charge is 2.35. The zero-order valence-corrected chi connectivity index (χ0v) is 11.5. The fourth-order valence-electron chi connectivity index (χ4n) is 2.65. The highest BCUT2D eigenvalue weighted by Crippen LogP contribution is 2.35. The van der Waals surface area contributed by atoms with Crippen LogP contribution < -0.4 is 4.90 Å². The number of rotatable bonds is 2. The lowest BCUT2D eigenvalue weighted by Crippen LogP contribution is -2.40. The first-order valence-electron chi connectivity index (χ1n) is 6.45. The normalized spacial score (nSPS) is 20.5. The lowest BCUT2D eigenvalue weighted by atomic mass is 10.0. The molecule has 0 spiro atoms. The minimum absolute atomic E-state index is 0.0453. The van der Waals surface area contributed by atoms with E-state index in [4.69, 9.17) is 6.57 Å². The van der Waals surface area contributed by atoms with Gasteiger partial charge >= 0.3 is 0 Å². The maximum Gasteiger partial charge on any atom is 0.227 e. The molecule has 1 fully saturated rings. The van der Waals surface area contributed by atoms with Gasteiger partial charge in [-0.25, -0.2) is 4.85 Å². The lowest BCUT2D eigenvalue weighted by molar-refractivity contribution is -0.117. The van der Waals surface area contributed by atoms with E-state index in [1.165, 1.54) is 0 Å². The largest absolute Gasteiger partial charge is 0.391 e. The molecule has 1 saturated heterocycles. The molecule has 0 bridgehead atoms. The predicted octanol–water partition coefficient (Wildman–Crippen LogP) is 2.73. The van der Waals surface area contributed by atoms with Crippen molar-refractivity contribution >= 4 is 17.3 Å². The average Bonchev–Trinajstić information content (AvgIpc) is 2.75. The van der Waals surface area contributed by atoms with Crippen molar-refractivity contribution in [3.8, 4) is 0 Å². The number of carbonyl (C=O) groups excluding carboxylic acids is 1. The van der Waals surface area contributed by atoms with Crippen molar-refractivity contribution in [3.63, 3.8) is 0 Å². The summed E-state index contributed by atoms with van der Waals surface area (Å²) in [5.41, 5.74) is 3.27. The van der Waals surface area contributed by atoms with Gasteiger partial charge in [0.15, 0.2) is 5.69 Å². The molecule has 0 saturated carbocycles. The van der Waals surface area contributed by atoms with Crippen molar-refractivity contribution in [2.24, 2.45) is 0 Å². The Morgan fingerprint density at radius 1 is 1.42 bits per heavy atom. The van der Waals surface area contributed by atoms with Crippen LogP contribution in [0.2, 0.25) is 0 Å². The van der Waals surface area contributed by atoms with Crippen LogP contribution in [0.25, 0.3) is 4.85 Å². The number of aliphatic hydroxyl groups is 1. The number of hydrogen-bond donors (Lipinski definition) is 1. The van der Waals surface area contributed by atoms with Gasteiger partial charge < -0.3 is 10.0 Å². The fraction of sp³-hybridized carbons (Fsp3) is 0.467. The smallest absolute Gasteiger partial charge is 0.227 e. The summed E-state index contributed by atoms with van der Waals surface area (Å²) in [7, 11) is 0. The van der Waals surface area contributed by atoms with Crippen LogP contribution in [0.4, 0.5) is 11.4 Å². The second-order valence-electron chi connectivity index (χ2n) is 5.08. The molecule has 1 amide bonds. The Labute approximate surface area is 113 Å². The third-order valence-corrected chi connectivity index (χ3v) is 3.92. The number of benzene rings is 1. The predicted molar refractivity (Wildman–Crippen MR) is 74.4 cm³/mol. The monoisotopic (exact) mass is 258 g/mol. The molecule has 1 heterocycles. The average molecular weight is 258 g/mol. The number of aliphatic hydroxyl groups excluding tert-OH is 1. The number of amides is 1. The van der Waals surface area contributed by atoms with Gasteiger partial charge in [-0.2, -0.15) is 0 Å². The minimum Gasteiger partial charge on any atom is -0.391 e. The minimum atomic E-state index is -0.549. The second-order valence-corrected chi connectivity index (χ2v) is 5.08. The van der Waals surface area contributed by atoms with Crippen molar-refractivity contribution in [2.45, 2.75) is 45.8 Å². The van der Waals surface area contributed by atoms with Crippen LogP contribution in [-0.4, -0.2) is 23.2 Å². The first kappa shape index (κ1) is 13.6. The molecule has 0 aromatic heterocycles. The van der Waals surface area contributed by atoms with Crippen molar-refractivity contribution in [1.82, 2.24) is 0 Å². The van der Waals surface area contributed by atoms with Gasteiger partial charge in [0.2, 0.25) is 5.91 Å². The molecule has 2 rings (SSSR count). The van der Waals surface area contributed by atoms with Crippen LogP contribution in [0, 0.1) is 20.4 Å². The molecule has 1 aliphatic heterocycles. The number of nitrogens with zero attached hydrogens (tertiary/aromatic N) is 2. The third kappa shape index (κ3) is 2.22. The topological polar surface area (TPSA) is 44.9 Å². The van der Waals surface area contributed by atoms with E-state index in [1.54, 1.807) is 17.9 Å². The number of carbonyl (C=O) groups is 1. The quantitative estimate of drug-likeness (QED) is 0.829. The molecule has 19 heavy (non-hydrogen) atoms. The van der Waals surface area contributed by atoms with E-state index < -0.39 is 6.10 Å². The Kier molecular flexibility index (Phi) is 3.59. The molecule has 0 unspecified atom stereocenters. The summed E-state index contributed by atoms with van der Waals surface area (Å²) in [5.74, 6) is 0.0453. The van der Waals surface area contributed by atoms with Gasteiger partial charge in [0.1, 0.15) is 0 Å². The van der Waals surface area contributed by atoms with Gasteiger partial charge in [0.05, 0.1) is 18.7 Å². The zero-order valence-electron chi connectivity index (χ0n) is 11.5. The Morgan fingerprint density at radius 2 is 2.11 bits per heavy atom. The zero-order chi connectivity index (χ0) is 14.2. The summed E-state index contributed by atoms with van der Waals surface area (Å²) in [4.78, 5) is 17.2. The molecular formula is C15H18N2O2. The van der Waals surface area contributed by atoms with E-state index in [2.05, 4.69) is 4.85 Å². The van der Waals surface area contributed by atoms with E-state index in [1.807, 2.05) is 19.9 Å². The standard InChI is InChI=1S/C15H18N2O2/c1-9-10(2)13(6-5-12(9)16-4)17-14(11(3)18)7-8-15(17)19/h5-6,11,14,18H,7-8H2,1-3H3/t11-,14+/m0/s1. The van der Waals surface area contributed by atoms with Crippen molar-refractivity contribution in [2.75, 3.05) is 4.90 Å². The van der Waals surface area contributed by atoms with Crippen molar-refractivity contribution in [1.29, 1.82) is 0 Å². The molecule has 1 aromatic rings. The molecule has 100 valence electrons. The Hall–Kier alpha value is -1.86. The Balaban J connectivity index is 2.50. The van der Waals surface area contributed by atoms with Crippen molar-refractivity contribution in [3.05, 3.63) is 34.7 Å². The molecule has 2 atom stereocenters. The molecule has 1 N–H and O–H groups in total.